The van der Waals surface area contributed by atoms with Crippen LogP contribution in [0, 0.1) is 5.41 Å². The van der Waals surface area contributed by atoms with E-state index in [9.17, 15) is 4.79 Å². The van der Waals surface area contributed by atoms with Gasteiger partial charge in [-0.05, 0) is 25.8 Å². The lowest BCUT2D eigenvalue weighted by molar-refractivity contribution is -0.135. The SMILES string of the molecule is CC1(C(=O)NC2CCNC2)CCC1. The van der Waals surface area contributed by atoms with Gasteiger partial charge in [0.15, 0.2) is 0 Å². The average Bonchev–Trinajstić information content (AvgIpc) is 2.52. The monoisotopic (exact) mass is 182 g/mol. The first kappa shape index (κ1) is 9.00. The van der Waals surface area contributed by atoms with E-state index in [1.165, 1.54) is 6.42 Å². The summed E-state index contributed by atoms with van der Waals surface area (Å²) in [6.45, 7) is 4.07. The highest BCUT2D eigenvalue weighted by molar-refractivity contribution is 5.83. The molecule has 1 amide bonds. The average molecular weight is 182 g/mol. The van der Waals surface area contributed by atoms with Gasteiger partial charge in [-0.25, -0.2) is 0 Å². The molecule has 2 N–H and O–H groups in total. The topological polar surface area (TPSA) is 41.1 Å². The molecule has 0 aromatic carbocycles. The van der Waals surface area contributed by atoms with E-state index in [1.54, 1.807) is 0 Å². The van der Waals surface area contributed by atoms with E-state index in [0.717, 1.165) is 32.4 Å². The molecule has 1 aliphatic carbocycles. The first-order chi connectivity index (χ1) is 6.21. The van der Waals surface area contributed by atoms with E-state index in [1.807, 2.05) is 0 Å². The second kappa shape index (κ2) is 3.29. The first-order valence-electron chi connectivity index (χ1n) is 5.22. The molecule has 0 radical (unpaired) electrons. The maximum atomic E-state index is 11.8. The molecule has 2 rings (SSSR count). The Labute approximate surface area is 79.3 Å². The Kier molecular flexibility index (Phi) is 2.28. The Hall–Kier alpha value is -0.570. The van der Waals surface area contributed by atoms with Crippen molar-refractivity contribution in [2.75, 3.05) is 13.1 Å². The maximum Gasteiger partial charge on any atom is 0.226 e. The lowest BCUT2D eigenvalue weighted by atomic mass is 9.70. The third-order valence-corrected chi connectivity index (χ3v) is 3.40. The highest BCUT2D eigenvalue weighted by Gasteiger charge is 2.39. The first-order valence-corrected chi connectivity index (χ1v) is 5.22. The predicted molar refractivity (Wildman–Crippen MR) is 51.4 cm³/mol. The minimum absolute atomic E-state index is 0.0391. The fourth-order valence-electron chi connectivity index (χ4n) is 2.07. The van der Waals surface area contributed by atoms with Gasteiger partial charge >= 0.3 is 0 Å². The molecule has 1 aliphatic heterocycles. The van der Waals surface area contributed by atoms with Crippen molar-refractivity contribution in [3.63, 3.8) is 0 Å². The fraction of sp³-hybridized carbons (Fsp3) is 0.900. The lowest BCUT2D eigenvalue weighted by Gasteiger charge is -2.37. The van der Waals surface area contributed by atoms with Crippen LogP contribution in [-0.2, 0) is 4.79 Å². The van der Waals surface area contributed by atoms with E-state index in [2.05, 4.69) is 17.6 Å². The molecular formula is C10H18N2O. The quantitative estimate of drug-likeness (QED) is 0.658. The van der Waals surface area contributed by atoms with Crippen LogP contribution in [0.4, 0.5) is 0 Å². The van der Waals surface area contributed by atoms with Gasteiger partial charge in [-0.3, -0.25) is 4.79 Å². The molecule has 1 unspecified atom stereocenters. The molecule has 74 valence electrons. The van der Waals surface area contributed by atoms with Crippen LogP contribution < -0.4 is 10.6 Å². The standard InChI is InChI=1S/C10H18N2O/c1-10(4-2-5-10)9(13)12-8-3-6-11-7-8/h8,11H,2-7H2,1H3,(H,12,13). The van der Waals surface area contributed by atoms with Crippen LogP contribution in [0.15, 0.2) is 0 Å². The minimum atomic E-state index is -0.0391. The van der Waals surface area contributed by atoms with Crippen LogP contribution in [-0.4, -0.2) is 25.0 Å². The second-order valence-corrected chi connectivity index (χ2v) is 4.58. The fourth-order valence-corrected chi connectivity index (χ4v) is 2.07. The summed E-state index contributed by atoms with van der Waals surface area (Å²) < 4.78 is 0. The zero-order valence-electron chi connectivity index (χ0n) is 8.23. The van der Waals surface area contributed by atoms with Crippen molar-refractivity contribution >= 4 is 5.91 Å². The van der Waals surface area contributed by atoms with Crippen molar-refractivity contribution in [1.29, 1.82) is 0 Å². The number of amides is 1. The van der Waals surface area contributed by atoms with E-state index in [-0.39, 0.29) is 11.3 Å². The van der Waals surface area contributed by atoms with E-state index >= 15 is 0 Å². The van der Waals surface area contributed by atoms with Gasteiger partial charge in [-0.15, -0.1) is 0 Å². The van der Waals surface area contributed by atoms with Gasteiger partial charge in [-0.1, -0.05) is 13.3 Å². The van der Waals surface area contributed by atoms with Crippen molar-refractivity contribution in [3.05, 3.63) is 0 Å². The van der Waals surface area contributed by atoms with Crippen molar-refractivity contribution in [1.82, 2.24) is 10.6 Å². The van der Waals surface area contributed by atoms with Crippen LogP contribution in [0.25, 0.3) is 0 Å². The highest BCUT2D eigenvalue weighted by atomic mass is 16.2. The molecule has 1 heterocycles. The molecule has 2 aliphatic rings. The molecule has 0 spiro atoms. The normalized spacial score (nSPS) is 31.0. The summed E-state index contributed by atoms with van der Waals surface area (Å²) in [4.78, 5) is 11.8. The Morgan fingerprint density at radius 2 is 2.31 bits per heavy atom. The molecule has 3 nitrogen and oxygen atoms in total. The van der Waals surface area contributed by atoms with Gasteiger partial charge < -0.3 is 10.6 Å². The van der Waals surface area contributed by atoms with E-state index in [4.69, 9.17) is 0 Å². The summed E-state index contributed by atoms with van der Waals surface area (Å²) >= 11 is 0. The zero-order chi connectivity index (χ0) is 9.31. The molecule has 1 atom stereocenters. The molecule has 1 saturated carbocycles. The van der Waals surface area contributed by atoms with Crippen LogP contribution in [0.5, 0.6) is 0 Å². The number of hydrogen-bond acceptors (Lipinski definition) is 2. The Morgan fingerprint density at radius 3 is 2.77 bits per heavy atom. The van der Waals surface area contributed by atoms with Crippen LogP contribution >= 0.6 is 0 Å². The number of nitrogens with one attached hydrogen (secondary N) is 2. The Bertz CT molecular complexity index is 205. The van der Waals surface area contributed by atoms with E-state index in [0.29, 0.717) is 6.04 Å². The van der Waals surface area contributed by atoms with Gasteiger partial charge in [0.05, 0.1) is 0 Å². The lowest BCUT2D eigenvalue weighted by Crippen LogP contribution is -2.48. The summed E-state index contributed by atoms with van der Waals surface area (Å²) in [7, 11) is 0. The maximum absolute atomic E-state index is 11.8. The second-order valence-electron chi connectivity index (χ2n) is 4.58. The Balaban J connectivity index is 1.83. The van der Waals surface area contributed by atoms with E-state index < -0.39 is 0 Å². The largest absolute Gasteiger partial charge is 0.352 e. The van der Waals surface area contributed by atoms with Gasteiger partial charge in [0.2, 0.25) is 5.91 Å². The number of rotatable bonds is 2. The van der Waals surface area contributed by atoms with Gasteiger partial charge in [-0.2, -0.15) is 0 Å². The third-order valence-electron chi connectivity index (χ3n) is 3.40. The van der Waals surface area contributed by atoms with Crippen LogP contribution in [0.3, 0.4) is 0 Å². The summed E-state index contributed by atoms with van der Waals surface area (Å²) in [6, 6.07) is 0.380. The van der Waals surface area contributed by atoms with Crippen molar-refractivity contribution in [2.45, 2.75) is 38.6 Å². The molecule has 2 fully saturated rings. The predicted octanol–water partition coefficient (Wildman–Crippen LogP) is 0.655. The van der Waals surface area contributed by atoms with Gasteiger partial charge in [0, 0.05) is 18.0 Å². The molecule has 0 aromatic rings. The summed E-state index contributed by atoms with van der Waals surface area (Å²) in [6.07, 6.45) is 4.44. The molecule has 13 heavy (non-hydrogen) atoms. The molecule has 0 aromatic heterocycles. The van der Waals surface area contributed by atoms with Gasteiger partial charge in [0.1, 0.15) is 0 Å². The summed E-state index contributed by atoms with van der Waals surface area (Å²) in [5.41, 5.74) is -0.0391. The summed E-state index contributed by atoms with van der Waals surface area (Å²) in [5.74, 6) is 0.271. The number of hydrogen-bond donors (Lipinski definition) is 2. The number of carbonyl (C=O) groups is 1. The van der Waals surface area contributed by atoms with Gasteiger partial charge in [0.25, 0.3) is 0 Å². The molecular weight excluding hydrogens is 164 g/mol. The van der Waals surface area contributed by atoms with Crippen LogP contribution in [0.2, 0.25) is 0 Å². The molecule has 0 bridgehead atoms. The molecule has 3 heteroatoms. The molecule has 1 saturated heterocycles. The van der Waals surface area contributed by atoms with Crippen LogP contribution in [0.1, 0.15) is 32.6 Å². The highest BCUT2D eigenvalue weighted by Crippen LogP contribution is 2.40. The minimum Gasteiger partial charge on any atom is -0.352 e. The van der Waals surface area contributed by atoms with Crippen molar-refractivity contribution in [3.8, 4) is 0 Å². The summed E-state index contributed by atoms with van der Waals surface area (Å²) in [5, 5.41) is 6.37. The Morgan fingerprint density at radius 1 is 1.54 bits per heavy atom. The smallest absolute Gasteiger partial charge is 0.226 e. The van der Waals surface area contributed by atoms with Crippen molar-refractivity contribution in [2.24, 2.45) is 5.41 Å². The number of carbonyl (C=O) groups excluding carboxylic acids is 1. The third kappa shape index (κ3) is 1.70. The zero-order valence-corrected chi connectivity index (χ0v) is 8.23. The van der Waals surface area contributed by atoms with Crippen molar-refractivity contribution < 1.29 is 4.79 Å².